The molecule has 0 aliphatic heterocycles. The van der Waals surface area contributed by atoms with Gasteiger partial charge in [-0.2, -0.15) is 0 Å². The first-order valence-electron chi connectivity index (χ1n) is 6.26. The quantitative estimate of drug-likeness (QED) is 0.826. The van der Waals surface area contributed by atoms with Crippen LogP contribution < -0.4 is 5.32 Å². The van der Waals surface area contributed by atoms with Gasteiger partial charge in [-0.1, -0.05) is 28.1 Å². The smallest absolute Gasteiger partial charge is 0.250 e. The van der Waals surface area contributed by atoms with Gasteiger partial charge in [0.05, 0.1) is 18.5 Å². The number of hydrogen-bond donors (Lipinski definition) is 1. The molecule has 1 heterocycles. The minimum atomic E-state index is -0.174. The lowest BCUT2D eigenvalue weighted by Crippen LogP contribution is -2.19. The number of pyridine rings is 1. The third kappa shape index (κ3) is 5.11. The number of nitrogens with zero attached hydrogens (tertiary/aromatic N) is 1. The fourth-order valence-electron chi connectivity index (χ4n) is 1.68. The monoisotopic (exact) mass is 334 g/mol. The maximum absolute atomic E-state index is 11.6. The summed E-state index contributed by atoms with van der Waals surface area (Å²) in [6.45, 7) is 0.555. The molecule has 0 saturated heterocycles. The number of carbonyl (C=O) groups is 1. The third-order valence-electron chi connectivity index (χ3n) is 2.60. The summed E-state index contributed by atoms with van der Waals surface area (Å²) in [5.74, 6) is -0.174. The van der Waals surface area contributed by atoms with Crippen LogP contribution in [0.3, 0.4) is 0 Å². The van der Waals surface area contributed by atoms with E-state index in [9.17, 15) is 4.79 Å². The second kappa shape index (κ2) is 7.77. The van der Waals surface area contributed by atoms with Crippen molar-refractivity contribution in [1.82, 2.24) is 4.98 Å². The molecule has 0 atom stereocenters. The van der Waals surface area contributed by atoms with Crippen LogP contribution >= 0.6 is 15.9 Å². The molecular formula is C15H15BrN2O2. The minimum absolute atomic E-state index is 0.0445. The molecule has 2 rings (SSSR count). The highest BCUT2D eigenvalue weighted by Gasteiger charge is 2.02. The SMILES string of the molecule is O=C(COCCc1cccc(Br)c1)Nc1cccnc1. The van der Waals surface area contributed by atoms with Crippen molar-refractivity contribution < 1.29 is 9.53 Å². The maximum Gasteiger partial charge on any atom is 0.250 e. The summed E-state index contributed by atoms with van der Waals surface area (Å²) >= 11 is 3.42. The van der Waals surface area contributed by atoms with Crippen molar-refractivity contribution in [3.8, 4) is 0 Å². The second-order valence-corrected chi connectivity index (χ2v) is 5.14. The number of rotatable bonds is 6. The predicted molar refractivity (Wildman–Crippen MR) is 81.5 cm³/mol. The standard InChI is InChI=1S/C15H15BrN2O2/c16-13-4-1-3-12(9-13)6-8-20-11-15(19)18-14-5-2-7-17-10-14/h1-5,7,9-10H,6,8,11H2,(H,18,19). The van der Waals surface area contributed by atoms with Gasteiger partial charge in [-0.05, 0) is 36.2 Å². The van der Waals surface area contributed by atoms with Crippen LogP contribution in [0.15, 0.2) is 53.3 Å². The van der Waals surface area contributed by atoms with Crippen molar-refractivity contribution in [2.24, 2.45) is 0 Å². The van der Waals surface area contributed by atoms with Crippen molar-refractivity contribution in [1.29, 1.82) is 0 Å². The summed E-state index contributed by atoms with van der Waals surface area (Å²) < 4.78 is 6.41. The van der Waals surface area contributed by atoms with E-state index < -0.39 is 0 Å². The normalized spacial score (nSPS) is 10.2. The van der Waals surface area contributed by atoms with Crippen LogP contribution in [-0.2, 0) is 16.0 Å². The molecule has 0 spiro atoms. The van der Waals surface area contributed by atoms with Crippen molar-refractivity contribution in [2.75, 3.05) is 18.5 Å². The second-order valence-electron chi connectivity index (χ2n) is 4.22. The van der Waals surface area contributed by atoms with Crippen molar-refractivity contribution in [2.45, 2.75) is 6.42 Å². The Morgan fingerprint density at radius 2 is 2.20 bits per heavy atom. The van der Waals surface area contributed by atoms with Gasteiger partial charge in [0.1, 0.15) is 6.61 Å². The van der Waals surface area contributed by atoms with Crippen molar-refractivity contribution in [3.63, 3.8) is 0 Å². The van der Waals surface area contributed by atoms with Crippen LogP contribution in [0.25, 0.3) is 0 Å². The van der Waals surface area contributed by atoms with E-state index in [-0.39, 0.29) is 12.5 Å². The molecular weight excluding hydrogens is 320 g/mol. The van der Waals surface area contributed by atoms with Crippen LogP contribution in [0.5, 0.6) is 0 Å². The topological polar surface area (TPSA) is 51.2 Å². The molecule has 4 nitrogen and oxygen atoms in total. The van der Waals surface area contributed by atoms with Crippen LogP contribution in [0.4, 0.5) is 5.69 Å². The summed E-state index contributed by atoms with van der Waals surface area (Å²) in [6, 6.07) is 11.6. The lowest BCUT2D eigenvalue weighted by atomic mass is 10.2. The van der Waals surface area contributed by atoms with Crippen LogP contribution in [-0.4, -0.2) is 24.1 Å². The zero-order chi connectivity index (χ0) is 14.2. The molecule has 1 aromatic carbocycles. The number of carbonyl (C=O) groups excluding carboxylic acids is 1. The molecule has 0 aliphatic carbocycles. The molecule has 1 N–H and O–H groups in total. The first-order chi connectivity index (χ1) is 9.74. The molecule has 1 aromatic heterocycles. The van der Waals surface area contributed by atoms with Gasteiger partial charge in [-0.15, -0.1) is 0 Å². The first-order valence-corrected chi connectivity index (χ1v) is 7.05. The zero-order valence-corrected chi connectivity index (χ0v) is 12.5. The van der Waals surface area contributed by atoms with Gasteiger partial charge in [0.25, 0.3) is 0 Å². The molecule has 1 amide bonds. The third-order valence-corrected chi connectivity index (χ3v) is 3.10. The molecule has 0 bridgehead atoms. The van der Waals surface area contributed by atoms with Gasteiger partial charge in [0.2, 0.25) is 5.91 Å². The Labute approximate surface area is 126 Å². The highest BCUT2D eigenvalue weighted by atomic mass is 79.9. The molecule has 20 heavy (non-hydrogen) atoms. The number of ether oxygens (including phenoxy) is 1. The van der Waals surface area contributed by atoms with E-state index in [0.29, 0.717) is 12.3 Å². The molecule has 5 heteroatoms. The highest BCUT2D eigenvalue weighted by Crippen LogP contribution is 2.12. The van der Waals surface area contributed by atoms with Gasteiger partial charge in [0.15, 0.2) is 0 Å². The van der Waals surface area contributed by atoms with E-state index in [4.69, 9.17) is 4.74 Å². The lowest BCUT2D eigenvalue weighted by Gasteiger charge is -2.06. The lowest BCUT2D eigenvalue weighted by molar-refractivity contribution is -0.120. The predicted octanol–water partition coefficient (Wildman–Crippen LogP) is 3.04. The average molecular weight is 335 g/mol. The van der Waals surface area contributed by atoms with Gasteiger partial charge in [-0.3, -0.25) is 9.78 Å². The molecule has 0 unspecified atom stereocenters. The Hall–Kier alpha value is -1.72. The summed E-state index contributed by atoms with van der Waals surface area (Å²) in [5.41, 5.74) is 1.85. The molecule has 2 aromatic rings. The summed E-state index contributed by atoms with van der Waals surface area (Å²) in [4.78, 5) is 15.5. The molecule has 0 aliphatic rings. The van der Waals surface area contributed by atoms with Crippen LogP contribution in [0, 0.1) is 0 Å². The largest absolute Gasteiger partial charge is 0.371 e. The molecule has 0 saturated carbocycles. The van der Waals surface area contributed by atoms with Crippen molar-refractivity contribution in [3.05, 3.63) is 58.8 Å². The number of halogens is 1. The summed E-state index contributed by atoms with van der Waals surface area (Å²) in [5, 5.41) is 2.72. The molecule has 104 valence electrons. The fourth-order valence-corrected chi connectivity index (χ4v) is 2.13. The minimum Gasteiger partial charge on any atom is -0.371 e. The molecule has 0 radical (unpaired) electrons. The fraction of sp³-hybridized carbons (Fsp3) is 0.200. The average Bonchev–Trinajstić information content (AvgIpc) is 2.45. The Bertz CT molecular complexity index is 561. The Balaban J connectivity index is 1.67. The number of benzene rings is 1. The van der Waals surface area contributed by atoms with E-state index in [2.05, 4.69) is 26.2 Å². The van der Waals surface area contributed by atoms with E-state index in [1.165, 1.54) is 5.56 Å². The maximum atomic E-state index is 11.6. The van der Waals surface area contributed by atoms with Gasteiger partial charge >= 0.3 is 0 Å². The summed E-state index contributed by atoms with van der Waals surface area (Å²) in [7, 11) is 0. The Kier molecular flexibility index (Phi) is 5.70. The van der Waals surface area contributed by atoms with Gasteiger partial charge in [-0.25, -0.2) is 0 Å². The van der Waals surface area contributed by atoms with Crippen molar-refractivity contribution >= 4 is 27.5 Å². The summed E-state index contributed by atoms with van der Waals surface area (Å²) in [6.07, 6.45) is 4.03. The van der Waals surface area contributed by atoms with Gasteiger partial charge in [0, 0.05) is 10.7 Å². The number of aromatic nitrogens is 1. The van der Waals surface area contributed by atoms with E-state index in [1.54, 1.807) is 24.5 Å². The van der Waals surface area contributed by atoms with Crippen LogP contribution in [0.1, 0.15) is 5.56 Å². The Morgan fingerprint density at radius 3 is 2.95 bits per heavy atom. The molecule has 0 fully saturated rings. The van der Waals surface area contributed by atoms with E-state index in [0.717, 1.165) is 10.9 Å². The number of anilines is 1. The van der Waals surface area contributed by atoms with Crippen LogP contribution in [0.2, 0.25) is 0 Å². The zero-order valence-electron chi connectivity index (χ0n) is 10.9. The van der Waals surface area contributed by atoms with E-state index in [1.807, 2.05) is 24.3 Å². The number of hydrogen-bond acceptors (Lipinski definition) is 3. The first kappa shape index (κ1) is 14.7. The highest BCUT2D eigenvalue weighted by molar-refractivity contribution is 9.10. The Morgan fingerprint density at radius 1 is 1.30 bits per heavy atom. The van der Waals surface area contributed by atoms with E-state index >= 15 is 0 Å². The van der Waals surface area contributed by atoms with Gasteiger partial charge < -0.3 is 10.1 Å². The number of nitrogens with one attached hydrogen (secondary N) is 1. The number of amides is 1.